The van der Waals surface area contributed by atoms with Gasteiger partial charge in [-0.05, 0) is 105 Å². The Morgan fingerprint density at radius 3 is 1.96 bits per heavy atom. The van der Waals surface area contributed by atoms with E-state index < -0.39 is 0 Å². The highest BCUT2D eigenvalue weighted by Crippen LogP contribution is 2.48. The fraction of sp³-hybridized carbons (Fsp3) is 0.146. The molecule has 0 aliphatic carbocycles. The molecule has 246 valence electrons. The van der Waals surface area contributed by atoms with Gasteiger partial charge in [-0.15, -0.1) is 0 Å². The summed E-state index contributed by atoms with van der Waals surface area (Å²) in [6.07, 6.45) is 4.28. The summed E-state index contributed by atoms with van der Waals surface area (Å²) in [5, 5.41) is 7.57. The van der Waals surface area contributed by atoms with Gasteiger partial charge in [-0.3, -0.25) is 0 Å². The third-order valence-electron chi connectivity index (χ3n) is 11.9. The lowest BCUT2D eigenvalue weighted by molar-refractivity contribution is -0.575. The molecule has 0 bridgehead atoms. The van der Waals surface area contributed by atoms with Crippen LogP contribution in [-0.4, -0.2) is 9.13 Å². The van der Waals surface area contributed by atoms with Crippen molar-refractivity contribution in [3.05, 3.63) is 157 Å². The molecule has 0 N–H and O–H groups in total. The topological polar surface area (TPSA) is 13.7 Å². The molecule has 0 spiro atoms. The van der Waals surface area contributed by atoms with Gasteiger partial charge < -0.3 is 9.13 Å². The molecule has 9 aromatic rings. The van der Waals surface area contributed by atoms with Crippen LogP contribution < -0.4 is 4.57 Å². The normalized spacial score (nSPS) is 13.8. The van der Waals surface area contributed by atoms with Crippen molar-refractivity contribution in [1.29, 1.82) is 0 Å². The summed E-state index contributed by atoms with van der Waals surface area (Å²) in [5.74, 6) is 0. The molecule has 1 aliphatic heterocycles. The number of para-hydroxylation sites is 1. The van der Waals surface area contributed by atoms with Gasteiger partial charge in [-0.2, -0.15) is 4.57 Å². The van der Waals surface area contributed by atoms with E-state index in [0.29, 0.717) is 0 Å². The van der Waals surface area contributed by atoms with Crippen LogP contribution in [0.3, 0.4) is 0 Å². The first-order valence-electron chi connectivity index (χ1n) is 18.2. The smallest absolute Gasteiger partial charge is 0.219 e. The number of rotatable bonds is 4. The molecular formula is C48H40N3+. The maximum atomic E-state index is 4.76. The highest BCUT2D eigenvalue weighted by atomic mass is 15.0. The van der Waals surface area contributed by atoms with Gasteiger partial charge in [-0.1, -0.05) is 85.6 Å². The van der Waals surface area contributed by atoms with Crippen molar-refractivity contribution in [2.24, 2.45) is 0 Å². The quantitative estimate of drug-likeness (QED) is 0.167. The summed E-state index contributed by atoms with van der Waals surface area (Å²) in [6, 6.07) is 47.8. The van der Waals surface area contributed by atoms with Gasteiger partial charge in [0.2, 0.25) is 5.69 Å². The molecule has 4 heterocycles. The predicted molar refractivity (Wildman–Crippen MR) is 215 cm³/mol. The van der Waals surface area contributed by atoms with Crippen molar-refractivity contribution in [2.45, 2.75) is 46.0 Å². The average Bonchev–Trinajstić information content (AvgIpc) is 3.65. The zero-order chi connectivity index (χ0) is 34.6. The van der Waals surface area contributed by atoms with E-state index in [9.17, 15) is 0 Å². The van der Waals surface area contributed by atoms with Crippen molar-refractivity contribution in [3.8, 4) is 22.6 Å². The Morgan fingerprint density at radius 1 is 0.549 bits per heavy atom. The molecule has 0 fully saturated rings. The Bertz CT molecular complexity index is 2910. The van der Waals surface area contributed by atoms with Crippen LogP contribution in [0, 0.1) is 13.8 Å². The number of hydrogen-bond acceptors (Lipinski definition) is 0. The molecule has 6 aromatic carbocycles. The zero-order valence-electron chi connectivity index (χ0n) is 29.7. The maximum absolute atomic E-state index is 4.76. The van der Waals surface area contributed by atoms with Crippen LogP contribution in [0.2, 0.25) is 0 Å². The summed E-state index contributed by atoms with van der Waals surface area (Å²) < 4.78 is 7.30. The van der Waals surface area contributed by atoms with Gasteiger partial charge in [0.1, 0.15) is 0 Å². The predicted octanol–water partition coefficient (Wildman–Crippen LogP) is 12.1. The maximum Gasteiger partial charge on any atom is 0.219 e. The van der Waals surface area contributed by atoms with Crippen molar-refractivity contribution in [2.75, 3.05) is 0 Å². The van der Waals surface area contributed by atoms with Crippen LogP contribution in [0.15, 0.2) is 140 Å². The number of aryl methyl sites for hydroxylation is 2. The number of benzene rings is 6. The first-order chi connectivity index (χ1) is 24.9. The minimum atomic E-state index is -0.145. The summed E-state index contributed by atoms with van der Waals surface area (Å²) in [4.78, 5) is 0. The number of hydrogen-bond donors (Lipinski definition) is 0. The lowest BCUT2D eigenvalue weighted by Crippen LogP contribution is -2.48. The summed E-state index contributed by atoms with van der Waals surface area (Å²) in [6.45, 7) is 13.7. The van der Waals surface area contributed by atoms with Crippen LogP contribution >= 0.6 is 0 Å². The second-order valence-electron chi connectivity index (χ2n) is 14.6. The van der Waals surface area contributed by atoms with Gasteiger partial charge in [0.05, 0.1) is 33.0 Å². The molecular weight excluding hydrogens is 619 g/mol. The van der Waals surface area contributed by atoms with Gasteiger partial charge in [-0.25, -0.2) is 0 Å². The number of pyridine rings is 1. The highest BCUT2D eigenvalue weighted by molar-refractivity contribution is 6.19. The summed E-state index contributed by atoms with van der Waals surface area (Å²) >= 11 is 0. The van der Waals surface area contributed by atoms with Crippen molar-refractivity contribution in [1.82, 2.24) is 9.13 Å². The SMILES string of the molecule is C=C1[n+]2cc3ccccc3cc2-c2cc(-n3c4ccccc4c4cc5c6cc(C)ccc6n(-c6ccc(C)cc6)c5cc43)ccc2C1(CC)CC. The Morgan fingerprint density at radius 2 is 1.18 bits per heavy atom. The second kappa shape index (κ2) is 10.8. The third-order valence-corrected chi connectivity index (χ3v) is 11.9. The lowest BCUT2D eigenvalue weighted by atomic mass is 9.69. The highest BCUT2D eigenvalue weighted by Gasteiger charge is 2.46. The molecule has 3 aromatic heterocycles. The first-order valence-corrected chi connectivity index (χ1v) is 18.2. The van der Waals surface area contributed by atoms with Gasteiger partial charge in [0.25, 0.3) is 0 Å². The van der Waals surface area contributed by atoms with Crippen LogP contribution in [0.25, 0.3) is 82.7 Å². The van der Waals surface area contributed by atoms with E-state index in [4.69, 9.17) is 6.58 Å². The first kappa shape index (κ1) is 29.9. The number of fused-ring (bicyclic) bond motifs is 10. The Labute approximate surface area is 298 Å². The van der Waals surface area contributed by atoms with Gasteiger partial charge in [0, 0.05) is 44.4 Å². The van der Waals surface area contributed by atoms with Gasteiger partial charge in [0.15, 0.2) is 11.9 Å². The molecule has 1 aliphatic rings. The molecule has 0 atom stereocenters. The third kappa shape index (κ3) is 4.09. The van der Waals surface area contributed by atoms with E-state index in [0.717, 1.165) is 18.5 Å². The van der Waals surface area contributed by atoms with Crippen molar-refractivity contribution < 1.29 is 4.57 Å². The number of allylic oxidation sites excluding steroid dienone is 1. The number of aromatic nitrogens is 3. The molecule has 0 radical (unpaired) electrons. The van der Waals surface area contributed by atoms with E-state index >= 15 is 0 Å². The molecule has 51 heavy (non-hydrogen) atoms. The molecule has 3 nitrogen and oxygen atoms in total. The van der Waals surface area contributed by atoms with E-state index in [1.807, 2.05) is 0 Å². The van der Waals surface area contributed by atoms with E-state index in [1.165, 1.54) is 93.7 Å². The van der Waals surface area contributed by atoms with Crippen molar-refractivity contribution in [3.63, 3.8) is 0 Å². The molecule has 3 heteroatoms. The zero-order valence-corrected chi connectivity index (χ0v) is 29.7. The van der Waals surface area contributed by atoms with E-state index in [2.05, 4.69) is 175 Å². The van der Waals surface area contributed by atoms with E-state index in [1.54, 1.807) is 0 Å². The van der Waals surface area contributed by atoms with Crippen LogP contribution in [0.4, 0.5) is 0 Å². The van der Waals surface area contributed by atoms with Crippen LogP contribution in [0.5, 0.6) is 0 Å². The van der Waals surface area contributed by atoms with E-state index in [-0.39, 0.29) is 5.41 Å². The molecule has 0 saturated heterocycles. The fourth-order valence-corrected chi connectivity index (χ4v) is 9.19. The van der Waals surface area contributed by atoms with Crippen LogP contribution in [-0.2, 0) is 5.41 Å². The average molecular weight is 659 g/mol. The molecule has 10 rings (SSSR count). The summed E-state index contributed by atoms with van der Waals surface area (Å²) in [7, 11) is 0. The monoisotopic (exact) mass is 658 g/mol. The second-order valence-corrected chi connectivity index (χ2v) is 14.6. The minimum absolute atomic E-state index is 0.145. The molecule has 0 saturated carbocycles. The standard InChI is InChI=1S/C48H40N3/c1-6-48(7-2)32(5)49-29-34-13-9-8-12-33(34)25-45(49)41-26-36(21-22-42(41)48)51-43-15-11-10-14-37(43)39-27-40-38-24-31(4)18-23-44(38)50(47(40)28-46(39)51)35-19-16-30(3)17-20-35/h8-29H,5-7H2,1-4H3/q+1. The fourth-order valence-electron chi connectivity index (χ4n) is 9.19. The minimum Gasteiger partial charge on any atom is -0.309 e. The molecule has 0 unspecified atom stereocenters. The largest absolute Gasteiger partial charge is 0.309 e. The van der Waals surface area contributed by atoms with Gasteiger partial charge >= 0.3 is 0 Å². The Balaban J connectivity index is 1.30. The molecule has 0 amide bonds. The van der Waals surface area contributed by atoms with Crippen molar-refractivity contribution >= 4 is 60.1 Å². The number of nitrogens with zero attached hydrogens (tertiary/aromatic N) is 3. The Hall–Kier alpha value is -5.93. The van der Waals surface area contributed by atoms with Crippen LogP contribution in [0.1, 0.15) is 43.4 Å². The lowest BCUT2D eigenvalue weighted by Gasteiger charge is -2.36. The summed E-state index contributed by atoms with van der Waals surface area (Å²) in [5.41, 5.74) is 14.6. The Kier molecular flexibility index (Phi) is 6.33.